The number of nitrogens with one attached hydrogen (secondary N) is 1. The molecule has 1 N–H and O–H groups in total. The van der Waals surface area contributed by atoms with Crippen molar-refractivity contribution in [3.05, 3.63) is 24.3 Å². The van der Waals surface area contributed by atoms with E-state index in [2.05, 4.69) is 9.62 Å². The molecule has 138 valence electrons. The summed E-state index contributed by atoms with van der Waals surface area (Å²) in [5.41, 5.74) is 0.761. The normalized spacial score (nSPS) is 20.0. The van der Waals surface area contributed by atoms with Crippen LogP contribution < -0.4 is 9.62 Å². The van der Waals surface area contributed by atoms with Gasteiger partial charge in [-0.3, -0.25) is 9.69 Å². The topological polar surface area (TPSA) is 79.0 Å². The molecule has 0 aromatic heterocycles. The second-order valence-corrected chi connectivity index (χ2v) is 8.12. The Hall–Kier alpha value is -1.48. The zero-order chi connectivity index (χ0) is 17.7. The monoisotopic (exact) mass is 367 g/mol. The first-order valence-electron chi connectivity index (χ1n) is 8.76. The van der Waals surface area contributed by atoms with Crippen LogP contribution in [-0.4, -0.2) is 65.2 Å². The van der Waals surface area contributed by atoms with Crippen molar-refractivity contribution in [3.63, 3.8) is 0 Å². The van der Waals surface area contributed by atoms with E-state index in [1.165, 1.54) is 0 Å². The molecule has 1 aromatic rings. The SMILES string of the molecule is O=C1CCCCN1c1ccc(S(=O)(=O)NCCN2CCOCC2)cc1. The molecule has 2 heterocycles. The van der Waals surface area contributed by atoms with Crippen LogP contribution in [0, 0.1) is 0 Å². The van der Waals surface area contributed by atoms with Crippen LogP contribution in [0.1, 0.15) is 19.3 Å². The number of morpholine rings is 1. The lowest BCUT2D eigenvalue weighted by Crippen LogP contribution is -2.41. The number of benzene rings is 1. The minimum absolute atomic E-state index is 0.102. The number of anilines is 1. The molecule has 7 nitrogen and oxygen atoms in total. The molecular weight excluding hydrogens is 342 g/mol. The molecule has 2 fully saturated rings. The summed E-state index contributed by atoms with van der Waals surface area (Å²) in [7, 11) is -3.53. The predicted molar refractivity (Wildman–Crippen MR) is 95.1 cm³/mol. The number of sulfonamides is 1. The molecule has 0 spiro atoms. The van der Waals surface area contributed by atoms with Gasteiger partial charge in [-0.2, -0.15) is 0 Å². The lowest BCUT2D eigenvalue weighted by Gasteiger charge is -2.27. The smallest absolute Gasteiger partial charge is 0.240 e. The van der Waals surface area contributed by atoms with Gasteiger partial charge in [-0.05, 0) is 37.1 Å². The molecule has 1 aromatic carbocycles. The minimum atomic E-state index is -3.53. The summed E-state index contributed by atoms with van der Waals surface area (Å²) in [6.45, 7) is 4.80. The first-order valence-corrected chi connectivity index (χ1v) is 10.2. The van der Waals surface area contributed by atoms with Gasteiger partial charge in [-0.1, -0.05) is 0 Å². The lowest BCUT2D eigenvalue weighted by molar-refractivity contribution is -0.119. The fraction of sp³-hybridized carbons (Fsp3) is 0.588. The fourth-order valence-corrected chi connectivity index (χ4v) is 4.15. The van der Waals surface area contributed by atoms with Crippen molar-refractivity contribution in [2.75, 3.05) is 50.8 Å². The van der Waals surface area contributed by atoms with Crippen molar-refractivity contribution < 1.29 is 17.9 Å². The number of hydrogen-bond donors (Lipinski definition) is 1. The van der Waals surface area contributed by atoms with E-state index in [9.17, 15) is 13.2 Å². The molecule has 2 aliphatic heterocycles. The van der Waals surface area contributed by atoms with Crippen molar-refractivity contribution in [3.8, 4) is 0 Å². The number of carbonyl (C=O) groups excluding carboxylic acids is 1. The van der Waals surface area contributed by atoms with E-state index < -0.39 is 10.0 Å². The zero-order valence-electron chi connectivity index (χ0n) is 14.3. The first kappa shape index (κ1) is 18.3. The molecule has 0 radical (unpaired) electrons. The van der Waals surface area contributed by atoms with Gasteiger partial charge in [-0.25, -0.2) is 13.1 Å². The second-order valence-electron chi connectivity index (χ2n) is 6.35. The highest BCUT2D eigenvalue weighted by atomic mass is 32.2. The molecule has 0 aliphatic carbocycles. The van der Waals surface area contributed by atoms with Crippen molar-refractivity contribution in [1.82, 2.24) is 9.62 Å². The maximum atomic E-state index is 12.4. The van der Waals surface area contributed by atoms with E-state index >= 15 is 0 Å². The Labute approximate surface area is 149 Å². The quantitative estimate of drug-likeness (QED) is 0.805. The third kappa shape index (κ3) is 4.78. The zero-order valence-corrected chi connectivity index (χ0v) is 15.1. The van der Waals surface area contributed by atoms with Gasteiger partial charge in [-0.15, -0.1) is 0 Å². The summed E-state index contributed by atoms with van der Waals surface area (Å²) >= 11 is 0. The highest BCUT2D eigenvalue weighted by Crippen LogP contribution is 2.22. The van der Waals surface area contributed by atoms with Gasteiger partial charge in [0, 0.05) is 44.8 Å². The molecule has 25 heavy (non-hydrogen) atoms. The van der Waals surface area contributed by atoms with Crippen LogP contribution in [0.15, 0.2) is 29.2 Å². The molecule has 0 bridgehead atoms. The number of amides is 1. The summed E-state index contributed by atoms with van der Waals surface area (Å²) in [5.74, 6) is 0.102. The highest BCUT2D eigenvalue weighted by molar-refractivity contribution is 7.89. The Kier molecular flexibility index (Phi) is 6.06. The summed E-state index contributed by atoms with van der Waals surface area (Å²) in [6, 6.07) is 6.54. The molecular formula is C17H25N3O4S. The number of nitrogens with zero attached hydrogens (tertiary/aromatic N) is 2. The van der Waals surface area contributed by atoms with E-state index in [0.29, 0.717) is 39.3 Å². The second kappa shape index (κ2) is 8.27. The number of ether oxygens (including phenoxy) is 1. The van der Waals surface area contributed by atoms with E-state index in [4.69, 9.17) is 4.74 Å². The van der Waals surface area contributed by atoms with Crippen LogP contribution >= 0.6 is 0 Å². The Morgan fingerprint density at radius 3 is 2.44 bits per heavy atom. The molecule has 0 atom stereocenters. The van der Waals surface area contributed by atoms with Crippen molar-refractivity contribution >= 4 is 21.6 Å². The van der Waals surface area contributed by atoms with Crippen LogP contribution in [0.25, 0.3) is 0 Å². The molecule has 0 unspecified atom stereocenters. The number of hydrogen-bond acceptors (Lipinski definition) is 5. The lowest BCUT2D eigenvalue weighted by atomic mass is 10.1. The third-order valence-corrected chi connectivity index (χ3v) is 6.08. The Morgan fingerprint density at radius 2 is 1.76 bits per heavy atom. The maximum Gasteiger partial charge on any atom is 0.240 e. The minimum Gasteiger partial charge on any atom is -0.379 e. The Morgan fingerprint density at radius 1 is 1.04 bits per heavy atom. The largest absolute Gasteiger partial charge is 0.379 e. The average molecular weight is 367 g/mol. The molecule has 2 saturated heterocycles. The van der Waals surface area contributed by atoms with Crippen LogP contribution in [-0.2, 0) is 19.6 Å². The number of rotatable bonds is 6. The van der Waals surface area contributed by atoms with Gasteiger partial charge in [0.15, 0.2) is 0 Å². The first-order chi connectivity index (χ1) is 12.1. The number of carbonyl (C=O) groups is 1. The van der Waals surface area contributed by atoms with E-state index in [1.54, 1.807) is 29.2 Å². The van der Waals surface area contributed by atoms with Gasteiger partial charge in [0.2, 0.25) is 15.9 Å². The standard InChI is InChI=1S/C17H25N3O4S/c21-17-3-1-2-9-20(17)15-4-6-16(7-5-15)25(22,23)18-8-10-19-11-13-24-14-12-19/h4-7,18H,1-3,8-14H2. The molecule has 3 rings (SSSR count). The average Bonchev–Trinajstić information content (AvgIpc) is 2.63. The number of piperidine rings is 1. The van der Waals surface area contributed by atoms with Crippen LogP contribution in [0.4, 0.5) is 5.69 Å². The third-order valence-electron chi connectivity index (χ3n) is 4.61. The maximum absolute atomic E-state index is 12.4. The van der Waals surface area contributed by atoms with Crippen molar-refractivity contribution in [2.45, 2.75) is 24.2 Å². The van der Waals surface area contributed by atoms with Crippen LogP contribution in [0.5, 0.6) is 0 Å². The van der Waals surface area contributed by atoms with Gasteiger partial charge in [0.1, 0.15) is 0 Å². The summed E-state index contributed by atoms with van der Waals surface area (Å²) in [4.78, 5) is 16.1. The van der Waals surface area contributed by atoms with E-state index in [0.717, 1.165) is 31.6 Å². The molecule has 2 aliphatic rings. The van der Waals surface area contributed by atoms with E-state index in [1.807, 2.05) is 0 Å². The fourth-order valence-electron chi connectivity index (χ4n) is 3.13. The van der Waals surface area contributed by atoms with Gasteiger partial charge in [0.05, 0.1) is 18.1 Å². The van der Waals surface area contributed by atoms with Crippen molar-refractivity contribution in [1.29, 1.82) is 0 Å². The molecule has 0 saturated carbocycles. The Bertz CT molecular complexity index is 684. The summed E-state index contributed by atoms with van der Waals surface area (Å²) in [6.07, 6.45) is 2.47. The van der Waals surface area contributed by atoms with Gasteiger partial charge in [0.25, 0.3) is 0 Å². The van der Waals surface area contributed by atoms with Gasteiger partial charge >= 0.3 is 0 Å². The molecule has 1 amide bonds. The molecule has 8 heteroatoms. The highest BCUT2D eigenvalue weighted by Gasteiger charge is 2.21. The summed E-state index contributed by atoms with van der Waals surface area (Å²) < 4.78 is 32.7. The van der Waals surface area contributed by atoms with Crippen LogP contribution in [0.2, 0.25) is 0 Å². The van der Waals surface area contributed by atoms with Gasteiger partial charge < -0.3 is 9.64 Å². The predicted octanol–water partition coefficient (Wildman–Crippen LogP) is 0.814. The van der Waals surface area contributed by atoms with E-state index in [-0.39, 0.29) is 10.8 Å². The summed E-state index contributed by atoms with van der Waals surface area (Å²) in [5, 5.41) is 0. The van der Waals surface area contributed by atoms with Crippen molar-refractivity contribution in [2.24, 2.45) is 0 Å². The Balaban J connectivity index is 1.57. The van der Waals surface area contributed by atoms with Crippen LogP contribution in [0.3, 0.4) is 0 Å².